The summed E-state index contributed by atoms with van der Waals surface area (Å²) in [5, 5.41) is 12.6. The van der Waals surface area contributed by atoms with Crippen LogP contribution in [0.15, 0.2) is 6.07 Å². The molecule has 0 saturated carbocycles. The molecule has 22 heavy (non-hydrogen) atoms. The number of ether oxygens (including phenoxy) is 1. The molecule has 2 saturated heterocycles. The molecule has 5 nitrogen and oxygen atoms in total. The summed E-state index contributed by atoms with van der Waals surface area (Å²) in [4.78, 5) is 2.37. The Morgan fingerprint density at radius 1 is 1.14 bits per heavy atom. The third kappa shape index (κ3) is 3.10. The van der Waals surface area contributed by atoms with E-state index in [1.54, 1.807) is 0 Å². The van der Waals surface area contributed by atoms with Crippen LogP contribution in [-0.2, 0) is 17.6 Å². The van der Waals surface area contributed by atoms with Crippen molar-refractivity contribution in [3.63, 3.8) is 0 Å². The monoisotopic (exact) mass is 302 g/mol. The average molecular weight is 302 g/mol. The molecular weight excluding hydrogens is 276 g/mol. The summed E-state index contributed by atoms with van der Waals surface area (Å²) >= 11 is 0. The lowest BCUT2D eigenvalue weighted by atomic mass is 9.95. The fourth-order valence-electron chi connectivity index (χ4n) is 3.75. The Balaban J connectivity index is 1.26. The minimum Gasteiger partial charge on any atom is -0.381 e. The molecule has 1 aliphatic carbocycles. The van der Waals surface area contributed by atoms with Crippen LogP contribution in [0.1, 0.15) is 36.9 Å². The van der Waals surface area contributed by atoms with Gasteiger partial charge in [-0.3, -0.25) is 0 Å². The Morgan fingerprint density at radius 2 is 1.95 bits per heavy atom. The maximum atomic E-state index is 5.40. The molecule has 3 heterocycles. The van der Waals surface area contributed by atoms with Gasteiger partial charge in [-0.1, -0.05) is 0 Å². The van der Waals surface area contributed by atoms with E-state index in [9.17, 15) is 0 Å². The lowest BCUT2D eigenvalue weighted by molar-refractivity contribution is 0.0765. The molecule has 2 fully saturated rings. The standard InChI is InChI=1S/C17H26N4O/c1-2-4-16-14(3-1)9-17(20-19-16)21-11-13(12-21)10-18-15-5-7-22-8-6-15/h9,13,15,18H,1-8,10-12H2. The molecule has 0 aromatic carbocycles. The first-order valence-electron chi connectivity index (χ1n) is 8.80. The first-order valence-corrected chi connectivity index (χ1v) is 8.80. The van der Waals surface area contributed by atoms with Crippen LogP contribution in [0.25, 0.3) is 0 Å². The Hall–Kier alpha value is -1.20. The minimum atomic E-state index is 0.659. The van der Waals surface area contributed by atoms with Crippen molar-refractivity contribution in [1.29, 1.82) is 0 Å². The number of hydrogen-bond acceptors (Lipinski definition) is 5. The smallest absolute Gasteiger partial charge is 0.151 e. The number of anilines is 1. The number of aryl methyl sites for hydroxylation is 2. The molecule has 0 radical (unpaired) electrons. The van der Waals surface area contributed by atoms with Gasteiger partial charge in [0.1, 0.15) is 0 Å². The lowest BCUT2D eigenvalue weighted by Crippen LogP contribution is -2.52. The number of nitrogens with zero attached hydrogens (tertiary/aromatic N) is 3. The number of nitrogens with one attached hydrogen (secondary N) is 1. The van der Waals surface area contributed by atoms with Crippen molar-refractivity contribution in [2.24, 2.45) is 5.92 Å². The second-order valence-electron chi connectivity index (χ2n) is 6.95. The first-order chi connectivity index (χ1) is 10.9. The Morgan fingerprint density at radius 3 is 2.82 bits per heavy atom. The van der Waals surface area contributed by atoms with Gasteiger partial charge in [-0.25, -0.2) is 0 Å². The summed E-state index contributed by atoms with van der Waals surface area (Å²) in [7, 11) is 0. The highest BCUT2D eigenvalue weighted by atomic mass is 16.5. The summed E-state index contributed by atoms with van der Waals surface area (Å²) in [5.41, 5.74) is 2.66. The van der Waals surface area contributed by atoms with Gasteiger partial charge >= 0.3 is 0 Å². The minimum absolute atomic E-state index is 0.659. The van der Waals surface area contributed by atoms with Crippen LogP contribution in [-0.4, -0.2) is 49.1 Å². The van der Waals surface area contributed by atoms with Gasteiger partial charge in [-0.15, -0.1) is 5.10 Å². The highest BCUT2D eigenvalue weighted by Gasteiger charge is 2.29. The third-order valence-corrected chi connectivity index (χ3v) is 5.25. The summed E-state index contributed by atoms with van der Waals surface area (Å²) in [6.07, 6.45) is 7.18. The van der Waals surface area contributed by atoms with Crippen LogP contribution < -0.4 is 10.2 Å². The highest BCUT2D eigenvalue weighted by molar-refractivity contribution is 5.44. The molecule has 4 rings (SSSR count). The second kappa shape index (κ2) is 6.50. The molecule has 0 unspecified atom stereocenters. The summed E-state index contributed by atoms with van der Waals surface area (Å²) in [5.74, 6) is 1.84. The molecule has 5 heteroatoms. The molecule has 0 spiro atoms. The average Bonchev–Trinajstić information content (AvgIpc) is 2.54. The second-order valence-corrected chi connectivity index (χ2v) is 6.95. The molecule has 1 N–H and O–H groups in total. The zero-order chi connectivity index (χ0) is 14.8. The summed E-state index contributed by atoms with van der Waals surface area (Å²) < 4.78 is 5.40. The highest BCUT2D eigenvalue weighted by Crippen LogP contribution is 2.26. The van der Waals surface area contributed by atoms with E-state index in [0.717, 1.165) is 63.8 Å². The largest absolute Gasteiger partial charge is 0.381 e. The number of hydrogen-bond donors (Lipinski definition) is 1. The van der Waals surface area contributed by atoms with Gasteiger partial charge < -0.3 is 15.0 Å². The van der Waals surface area contributed by atoms with Crippen molar-refractivity contribution in [1.82, 2.24) is 15.5 Å². The Bertz CT molecular complexity index is 509. The Kier molecular flexibility index (Phi) is 4.26. The van der Waals surface area contributed by atoms with Crippen LogP contribution in [0.3, 0.4) is 0 Å². The fourth-order valence-corrected chi connectivity index (χ4v) is 3.75. The summed E-state index contributed by atoms with van der Waals surface area (Å²) in [6, 6.07) is 2.94. The van der Waals surface area contributed by atoms with E-state index < -0.39 is 0 Å². The SMILES string of the molecule is c1c(N2CC(CNC3CCOCC3)C2)nnc2c1CCCC2. The Labute approximate surface area is 132 Å². The van der Waals surface area contributed by atoms with Gasteiger partial charge in [-0.2, -0.15) is 5.10 Å². The van der Waals surface area contributed by atoms with Crippen molar-refractivity contribution in [3.8, 4) is 0 Å². The molecule has 0 amide bonds. The maximum Gasteiger partial charge on any atom is 0.151 e. The number of fused-ring (bicyclic) bond motifs is 1. The molecule has 1 aromatic rings. The van der Waals surface area contributed by atoms with Crippen LogP contribution in [0, 0.1) is 5.92 Å². The van der Waals surface area contributed by atoms with Crippen molar-refractivity contribution >= 4 is 5.82 Å². The van der Waals surface area contributed by atoms with E-state index in [1.165, 1.54) is 30.5 Å². The van der Waals surface area contributed by atoms with Crippen LogP contribution >= 0.6 is 0 Å². The molecule has 120 valence electrons. The van der Waals surface area contributed by atoms with Crippen molar-refractivity contribution in [2.45, 2.75) is 44.6 Å². The van der Waals surface area contributed by atoms with Crippen LogP contribution in [0.4, 0.5) is 5.82 Å². The summed E-state index contributed by atoms with van der Waals surface area (Å²) in [6.45, 7) is 5.19. The van der Waals surface area contributed by atoms with Crippen molar-refractivity contribution in [2.75, 3.05) is 37.7 Å². The quantitative estimate of drug-likeness (QED) is 0.915. The van der Waals surface area contributed by atoms with E-state index in [1.807, 2.05) is 0 Å². The first kappa shape index (κ1) is 14.4. The van der Waals surface area contributed by atoms with Gasteiger partial charge in [0.15, 0.2) is 5.82 Å². The molecule has 2 aliphatic heterocycles. The maximum absolute atomic E-state index is 5.40. The van der Waals surface area contributed by atoms with E-state index in [0.29, 0.717) is 6.04 Å². The van der Waals surface area contributed by atoms with Gasteiger partial charge in [0.2, 0.25) is 0 Å². The molecule has 0 atom stereocenters. The number of aromatic nitrogens is 2. The molecular formula is C17H26N4O. The van der Waals surface area contributed by atoms with Gasteiger partial charge in [0, 0.05) is 44.8 Å². The van der Waals surface area contributed by atoms with Crippen LogP contribution in [0.2, 0.25) is 0 Å². The van der Waals surface area contributed by atoms with Gasteiger partial charge in [0.25, 0.3) is 0 Å². The van der Waals surface area contributed by atoms with Gasteiger partial charge in [-0.05, 0) is 50.2 Å². The zero-order valence-corrected chi connectivity index (χ0v) is 13.3. The van der Waals surface area contributed by atoms with Crippen molar-refractivity contribution in [3.05, 3.63) is 17.3 Å². The zero-order valence-electron chi connectivity index (χ0n) is 13.3. The van der Waals surface area contributed by atoms with Crippen molar-refractivity contribution < 1.29 is 4.74 Å². The van der Waals surface area contributed by atoms with E-state index in [4.69, 9.17) is 4.74 Å². The topological polar surface area (TPSA) is 50.3 Å². The predicted octanol–water partition coefficient (Wildman–Crippen LogP) is 1.56. The van der Waals surface area contributed by atoms with E-state index >= 15 is 0 Å². The molecule has 3 aliphatic rings. The normalized spacial score (nSPS) is 23.2. The number of rotatable bonds is 4. The third-order valence-electron chi connectivity index (χ3n) is 5.25. The lowest BCUT2D eigenvalue weighted by Gasteiger charge is -2.41. The molecule has 0 bridgehead atoms. The van der Waals surface area contributed by atoms with E-state index in [2.05, 4.69) is 26.5 Å². The van der Waals surface area contributed by atoms with Gasteiger partial charge in [0.05, 0.1) is 5.69 Å². The fraction of sp³-hybridized carbons (Fsp3) is 0.765. The predicted molar refractivity (Wildman–Crippen MR) is 86.2 cm³/mol. The molecule has 1 aromatic heterocycles. The van der Waals surface area contributed by atoms with Crippen LogP contribution in [0.5, 0.6) is 0 Å². The van der Waals surface area contributed by atoms with E-state index in [-0.39, 0.29) is 0 Å².